The SMILES string of the molecule is OC1CCN(CCC=C2Cc3ccccc3Oc3ncccc32)CC1. The zero-order valence-corrected chi connectivity index (χ0v) is 14.4. The maximum absolute atomic E-state index is 9.63. The molecule has 1 aromatic heterocycles. The first-order valence-corrected chi connectivity index (χ1v) is 9.10. The lowest BCUT2D eigenvalue weighted by molar-refractivity contribution is 0.0835. The number of aliphatic hydroxyl groups is 1. The zero-order valence-electron chi connectivity index (χ0n) is 14.4. The number of allylic oxidation sites excluding steroid dienone is 1. The summed E-state index contributed by atoms with van der Waals surface area (Å²) in [6.45, 7) is 3.02. The molecule has 4 heteroatoms. The summed E-state index contributed by atoms with van der Waals surface area (Å²) >= 11 is 0. The van der Waals surface area contributed by atoms with Crippen molar-refractivity contribution in [2.45, 2.75) is 31.8 Å². The van der Waals surface area contributed by atoms with Crippen molar-refractivity contribution in [1.29, 1.82) is 0 Å². The first-order valence-electron chi connectivity index (χ1n) is 9.10. The number of hydrogen-bond donors (Lipinski definition) is 1. The maximum Gasteiger partial charge on any atom is 0.226 e. The van der Waals surface area contributed by atoms with Crippen LogP contribution in [0.25, 0.3) is 5.57 Å². The van der Waals surface area contributed by atoms with Gasteiger partial charge in [0.15, 0.2) is 0 Å². The van der Waals surface area contributed by atoms with Crippen molar-refractivity contribution in [3.63, 3.8) is 0 Å². The topological polar surface area (TPSA) is 45.6 Å². The molecule has 0 unspecified atom stereocenters. The van der Waals surface area contributed by atoms with Gasteiger partial charge in [0.2, 0.25) is 5.88 Å². The Hall–Kier alpha value is -2.17. The van der Waals surface area contributed by atoms with E-state index in [1.165, 1.54) is 11.1 Å². The first kappa shape index (κ1) is 16.3. The minimum Gasteiger partial charge on any atom is -0.438 e. The van der Waals surface area contributed by atoms with Crippen LogP contribution in [-0.4, -0.2) is 40.7 Å². The van der Waals surface area contributed by atoms with Gasteiger partial charge in [-0.2, -0.15) is 0 Å². The van der Waals surface area contributed by atoms with E-state index < -0.39 is 0 Å². The molecule has 130 valence electrons. The van der Waals surface area contributed by atoms with E-state index in [0.29, 0.717) is 5.88 Å². The van der Waals surface area contributed by atoms with Crippen LogP contribution < -0.4 is 4.74 Å². The van der Waals surface area contributed by atoms with Crippen molar-refractivity contribution in [1.82, 2.24) is 9.88 Å². The third-order valence-corrected chi connectivity index (χ3v) is 5.07. The normalized spacial score (nSPS) is 19.8. The predicted molar refractivity (Wildman–Crippen MR) is 98.7 cm³/mol. The number of likely N-dealkylation sites (tertiary alicyclic amines) is 1. The fourth-order valence-corrected chi connectivity index (χ4v) is 3.62. The third kappa shape index (κ3) is 3.75. The molecule has 4 nitrogen and oxygen atoms in total. The number of rotatable bonds is 3. The number of hydrogen-bond acceptors (Lipinski definition) is 4. The molecule has 3 heterocycles. The first-order chi connectivity index (χ1) is 12.3. The molecule has 0 amide bonds. The van der Waals surface area contributed by atoms with Crippen molar-refractivity contribution < 1.29 is 9.84 Å². The minimum atomic E-state index is -0.108. The van der Waals surface area contributed by atoms with E-state index >= 15 is 0 Å². The standard InChI is InChI=1S/C21H24N2O2/c24-18-9-13-23(14-10-18)12-4-6-16-15-17-5-1-2-8-20(17)25-21-19(16)7-3-11-22-21/h1-3,5-8,11,18,24H,4,9-10,12-15H2. The lowest BCUT2D eigenvalue weighted by atomic mass is 9.98. The van der Waals surface area contributed by atoms with E-state index in [0.717, 1.165) is 56.6 Å². The van der Waals surface area contributed by atoms with E-state index in [-0.39, 0.29) is 6.10 Å². The smallest absolute Gasteiger partial charge is 0.226 e. The number of piperidine rings is 1. The molecule has 2 aromatic rings. The van der Waals surface area contributed by atoms with E-state index in [1.54, 1.807) is 6.20 Å². The molecule has 1 fully saturated rings. The second-order valence-electron chi connectivity index (χ2n) is 6.83. The largest absolute Gasteiger partial charge is 0.438 e. The predicted octanol–water partition coefficient (Wildman–Crippen LogP) is 3.66. The van der Waals surface area contributed by atoms with Crippen LogP contribution in [0.5, 0.6) is 11.6 Å². The molecule has 25 heavy (non-hydrogen) atoms. The van der Waals surface area contributed by atoms with Gasteiger partial charge in [-0.15, -0.1) is 0 Å². The van der Waals surface area contributed by atoms with Crippen LogP contribution >= 0.6 is 0 Å². The molecule has 2 aliphatic rings. The summed E-state index contributed by atoms with van der Waals surface area (Å²) < 4.78 is 6.05. The zero-order chi connectivity index (χ0) is 17.1. The van der Waals surface area contributed by atoms with Gasteiger partial charge in [0, 0.05) is 37.8 Å². The summed E-state index contributed by atoms with van der Waals surface area (Å²) in [6, 6.07) is 12.3. The second-order valence-corrected chi connectivity index (χ2v) is 6.83. The molecule has 4 rings (SSSR count). The van der Waals surface area contributed by atoms with E-state index in [2.05, 4.69) is 34.2 Å². The Labute approximate surface area is 148 Å². The van der Waals surface area contributed by atoms with Crippen LogP contribution in [0.4, 0.5) is 0 Å². The summed E-state index contributed by atoms with van der Waals surface area (Å²) in [5, 5.41) is 9.63. The Morgan fingerprint density at radius 3 is 2.88 bits per heavy atom. The van der Waals surface area contributed by atoms with Crippen LogP contribution in [0, 0.1) is 0 Å². The van der Waals surface area contributed by atoms with Gasteiger partial charge in [-0.1, -0.05) is 24.3 Å². The Morgan fingerprint density at radius 2 is 2.00 bits per heavy atom. The van der Waals surface area contributed by atoms with Crippen molar-refractivity contribution in [3.8, 4) is 11.6 Å². The highest BCUT2D eigenvalue weighted by atomic mass is 16.5. The summed E-state index contributed by atoms with van der Waals surface area (Å²) in [4.78, 5) is 6.87. The van der Waals surface area contributed by atoms with Gasteiger partial charge in [0.25, 0.3) is 0 Å². The molecule has 2 aliphatic heterocycles. The number of nitrogens with zero attached hydrogens (tertiary/aromatic N) is 2. The van der Waals surface area contributed by atoms with Crippen LogP contribution in [0.3, 0.4) is 0 Å². The average molecular weight is 336 g/mol. The van der Waals surface area contributed by atoms with Crippen molar-refractivity contribution in [2.24, 2.45) is 0 Å². The molecule has 0 aliphatic carbocycles. The quantitative estimate of drug-likeness (QED) is 0.929. The van der Waals surface area contributed by atoms with Crippen molar-refractivity contribution >= 4 is 5.57 Å². The van der Waals surface area contributed by atoms with Crippen molar-refractivity contribution in [3.05, 3.63) is 59.8 Å². The monoisotopic (exact) mass is 336 g/mol. The summed E-state index contributed by atoms with van der Waals surface area (Å²) in [6.07, 6.45) is 7.66. The lowest BCUT2D eigenvalue weighted by Gasteiger charge is -2.29. The van der Waals surface area contributed by atoms with Gasteiger partial charge in [-0.05, 0) is 48.6 Å². The number of ether oxygens (including phenoxy) is 1. The fraction of sp³-hybridized carbons (Fsp3) is 0.381. The summed E-state index contributed by atoms with van der Waals surface area (Å²) in [7, 11) is 0. The number of aromatic nitrogens is 1. The van der Waals surface area contributed by atoms with Gasteiger partial charge in [0.1, 0.15) is 5.75 Å². The van der Waals surface area contributed by atoms with Crippen LogP contribution in [0.1, 0.15) is 30.4 Å². The molecule has 0 bridgehead atoms. The average Bonchev–Trinajstić information content (AvgIpc) is 2.80. The lowest BCUT2D eigenvalue weighted by Crippen LogP contribution is -2.36. The number of fused-ring (bicyclic) bond motifs is 2. The van der Waals surface area contributed by atoms with E-state index in [1.807, 2.05) is 18.2 Å². The Morgan fingerprint density at radius 1 is 1.16 bits per heavy atom. The number of benzene rings is 1. The molecule has 0 saturated carbocycles. The van der Waals surface area contributed by atoms with Crippen LogP contribution in [0.2, 0.25) is 0 Å². The van der Waals surface area contributed by atoms with Gasteiger partial charge in [-0.25, -0.2) is 4.98 Å². The van der Waals surface area contributed by atoms with Gasteiger partial charge in [0.05, 0.1) is 6.10 Å². The number of para-hydroxylation sites is 1. The summed E-state index contributed by atoms with van der Waals surface area (Å²) in [5.41, 5.74) is 3.57. The number of pyridine rings is 1. The van der Waals surface area contributed by atoms with Gasteiger partial charge in [-0.3, -0.25) is 0 Å². The molecule has 1 N–H and O–H groups in total. The van der Waals surface area contributed by atoms with E-state index in [4.69, 9.17) is 4.74 Å². The molecule has 1 aromatic carbocycles. The Balaban J connectivity index is 1.53. The van der Waals surface area contributed by atoms with Crippen LogP contribution in [-0.2, 0) is 6.42 Å². The molecule has 0 radical (unpaired) electrons. The Bertz CT molecular complexity index is 764. The molecule has 0 spiro atoms. The molecule has 1 saturated heterocycles. The molecule has 0 atom stereocenters. The van der Waals surface area contributed by atoms with Gasteiger partial charge < -0.3 is 14.7 Å². The van der Waals surface area contributed by atoms with Crippen molar-refractivity contribution in [2.75, 3.05) is 19.6 Å². The molecular weight excluding hydrogens is 312 g/mol. The summed E-state index contributed by atoms with van der Waals surface area (Å²) in [5.74, 6) is 1.59. The van der Waals surface area contributed by atoms with E-state index in [9.17, 15) is 5.11 Å². The van der Waals surface area contributed by atoms with Gasteiger partial charge >= 0.3 is 0 Å². The highest BCUT2D eigenvalue weighted by molar-refractivity contribution is 5.73. The second kappa shape index (κ2) is 7.38. The highest BCUT2D eigenvalue weighted by Crippen LogP contribution is 2.37. The Kier molecular flexibility index (Phi) is 4.81. The fourth-order valence-electron chi connectivity index (χ4n) is 3.62. The third-order valence-electron chi connectivity index (χ3n) is 5.07. The number of aliphatic hydroxyl groups excluding tert-OH is 1. The maximum atomic E-state index is 9.63. The van der Waals surface area contributed by atoms with Crippen LogP contribution in [0.15, 0.2) is 48.7 Å². The minimum absolute atomic E-state index is 0.108. The molecular formula is C21H24N2O2. The highest BCUT2D eigenvalue weighted by Gasteiger charge is 2.19.